The number of hydrogen-bond acceptors (Lipinski definition) is 5. The van der Waals surface area contributed by atoms with Crippen LogP contribution in [0.2, 0.25) is 0 Å². The molecule has 0 aromatic heterocycles. The van der Waals surface area contributed by atoms with Crippen LogP contribution in [0.15, 0.2) is 18.2 Å². The van der Waals surface area contributed by atoms with Gasteiger partial charge < -0.3 is 9.84 Å². The van der Waals surface area contributed by atoms with Crippen molar-refractivity contribution < 1.29 is 19.6 Å². The van der Waals surface area contributed by atoms with Gasteiger partial charge in [0.15, 0.2) is 11.9 Å². The first-order valence-electron chi connectivity index (χ1n) is 5.07. The second kappa shape index (κ2) is 5.63. The lowest BCUT2D eigenvalue weighted by atomic mass is 10.2. The molecule has 0 saturated heterocycles. The SMILES string of the molecule is CCC(C#N)Oc1cc(C(=O)O)ccc1[N+](=O)[O-]. The zero-order valence-corrected chi connectivity index (χ0v) is 9.49. The Morgan fingerprint density at radius 3 is 2.78 bits per heavy atom. The molecule has 1 N–H and O–H groups in total. The van der Waals surface area contributed by atoms with E-state index in [0.29, 0.717) is 6.42 Å². The van der Waals surface area contributed by atoms with E-state index in [2.05, 4.69) is 0 Å². The molecule has 0 aliphatic carbocycles. The molecule has 1 aromatic carbocycles. The van der Waals surface area contributed by atoms with E-state index in [1.807, 2.05) is 6.07 Å². The first-order chi connectivity index (χ1) is 8.49. The number of carbonyl (C=O) groups is 1. The number of nitro groups is 1. The number of hydrogen-bond donors (Lipinski definition) is 1. The van der Waals surface area contributed by atoms with Crippen molar-refractivity contribution in [3.05, 3.63) is 33.9 Å². The lowest BCUT2D eigenvalue weighted by Gasteiger charge is -2.10. The summed E-state index contributed by atoms with van der Waals surface area (Å²) in [5.74, 6) is -1.44. The summed E-state index contributed by atoms with van der Waals surface area (Å²) in [5.41, 5.74) is -0.503. The Labute approximate surface area is 102 Å². The summed E-state index contributed by atoms with van der Waals surface area (Å²) in [7, 11) is 0. The van der Waals surface area contributed by atoms with Gasteiger partial charge in [0.1, 0.15) is 6.07 Å². The van der Waals surface area contributed by atoms with Crippen LogP contribution in [0.3, 0.4) is 0 Å². The second-order valence-electron chi connectivity index (χ2n) is 3.39. The van der Waals surface area contributed by atoms with Gasteiger partial charge in [0.05, 0.1) is 10.5 Å². The van der Waals surface area contributed by atoms with Crippen molar-refractivity contribution in [2.45, 2.75) is 19.4 Å². The molecule has 1 aromatic rings. The fourth-order valence-electron chi connectivity index (χ4n) is 1.25. The number of nitro benzene ring substituents is 1. The molecular weight excluding hydrogens is 240 g/mol. The number of rotatable bonds is 5. The van der Waals surface area contributed by atoms with Gasteiger partial charge in [-0.25, -0.2) is 4.79 Å². The average Bonchev–Trinajstić information content (AvgIpc) is 2.35. The minimum absolute atomic E-state index is 0.136. The normalized spacial score (nSPS) is 11.3. The lowest BCUT2D eigenvalue weighted by molar-refractivity contribution is -0.386. The van der Waals surface area contributed by atoms with Gasteiger partial charge in [-0.15, -0.1) is 0 Å². The van der Waals surface area contributed by atoms with E-state index < -0.39 is 17.0 Å². The number of carboxylic acids is 1. The van der Waals surface area contributed by atoms with E-state index in [1.165, 1.54) is 0 Å². The summed E-state index contributed by atoms with van der Waals surface area (Å²) in [6.45, 7) is 1.68. The van der Waals surface area contributed by atoms with Gasteiger partial charge in [0.25, 0.3) is 0 Å². The zero-order valence-electron chi connectivity index (χ0n) is 9.49. The molecule has 7 heteroatoms. The Balaban J connectivity index is 3.20. The topological polar surface area (TPSA) is 113 Å². The Hall–Kier alpha value is -2.62. The first-order valence-corrected chi connectivity index (χ1v) is 5.07. The molecule has 0 aliphatic heterocycles. The molecule has 1 unspecified atom stereocenters. The maximum absolute atomic E-state index is 10.8. The standard InChI is InChI=1S/C11H10N2O5/c1-2-8(6-12)18-10-5-7(11(14)15)3-4-9(10)13(16)17/h3-5,8H,2H2,1H3,(H,14,15). The van der Waals surface area contributed by atoms with E-state index in [0.717, 1.165) is 18.2 Å². The van der Waals surface area contributed by atoms with Crippen molar-refractivity contribution in [1.82, 2.24) is 0 Å². The van der Waals surface area contributed by atoms with Crippen molar-refractivity contribution in [3.63, 3.8) is 0 Å². The van der Waals surface area contributed by atoms with Gasteiger partial charge in [-0.2, -0.15) is 5.26 Å². The first kappa shape index (κ1) is 13.4. The summed E-state index contributed by atoms with van der Waals surface area (Å²) in [6, 6.07) is 5.02. The van der Waals surface area contributed by atoms with Crippen molar-refractivity contribution >= 4 is 11.7 Å². The molecule has 0 fully saturated rings. The van der Waals surface area contributed by atoms with Gasteiger partial charge in [0, 0.05) is 12.1 Å². The Kier molecular flexibility index (Phi) is 4.21. The fraction of sp³-hybridized carbons (Fsp3) is 0.273. The molecular formula is C11H10N2O5. The number of benzene rings is 1. The minimum atomic E-state index is -1.22. The highest BCUT2D eigenvalue weighted by Gasteiger charge is 2.20. The van der Waals surface area contributed by atoms with Crippen LogP contribution in [0.4, 0.5) is 5.69 Å². The van der Waals surface area contributed by atoms with Crippen molar-refractivity contribution in [3.8, 4) is 11.8 Å². The van der Waals surface area contributed by atoms with Gasteiger partial charge in [-0.1, -0.05) is 6.92 Å². The zero-order chi connectivity index (χ0) is 13.7. The number of aromatic carboxylic acids is 1. The number of nitriles is 1. The van der Waals surface area contributed by atoms with E-state index in [4.69, 9.17) is 15.1 Å². The van der Waals surface area contributed by atoms with Crippen LogP contribution in [0, 0.1) is 21.4 Å². The van der Waals surface area contributed by atoms with Crippen LogP contribution >= 0.6 is 0 Å². The lowest BCUT2D eigenvalue weighted by Crippen LogP contribution is -2.13. The molecule has 0 spiro atoms. The van der Waals surface area contributed by atoms with Crippen molar-refractivity contribution in [2.75, 3.05) is 0 Å². The van der Waals surface area contributed by atoms with E-state index >= 15 is 0 Å². The fourth-order valence-corrected chi connectivity index (χ4v) is 1.25. The molecule has 0 aliphatic rings. The largest absolute Gasteiger partial charge is 0.478 e. The molecule has 0 heterocycles. The number of carboxylic acid groups (broad SMARTS) is 1. The molecule has 0 amide bonds. The summed E-state index contributed by atoms with van der Waals surface area (Å²) in [6.07, 6.45) is -0.516. The van der Waals surface area contributed by atoms with Crippen LogP contribution < -0.4 is 4.74 Å². The van der Waals surface area contributed by atoms with Crippen molar-refractivity contribution in [2.24, 2.45) is 0 Å². The smallest absolute Gasteiger partial charge is 0.335 e. The quantitative estimate of drug-likeness (QED) is 0.631. The molecule has 1 atom stereocenters. The Bertz CT molecular complexity index is 521. The van der Waals surface area contributed by atoms with Crippen LogP contribution in [0.1, 0.15) is 23.7 Å². The van der Waals surface area contributed by atoms with Crippen LogP contribution in [0.25, 0.3) is 0 Å². The highest BCUT2D eigenvalue weighted by atomic mass is 16.6. The summed E-state index contributed by atoms with van der Waals surface area (Å²) >= 11 is 0. The van der Waals surface area contributed by atoms with Crippen LogP contribution in [0.5, 0.6) is 5.75 Å². The third kappa shape index (κ3) is 2.95. The molecule has 0 radical (unpaired) electrons. The predicted molar refractivity (Wildman–Crippen MR) is 60.4 cm³/mol. The van der Waals surface area contributed by atoms with E-state index in [-0.39, 0.29) is 17.0 Å². The highest BCUT2D eigenvalue weighted by molar-refractivity contribution is 5.88. The predicted octanol–water partition coefficient (Wildman–Crippen LogP) is 1.97. The van der Waals surface area contributed by atoms with Gasteiger partial charge >= 0.3 is 11.7 Å². The maximum Gasteiger partial charge on any atom is 0.335 e. The maximum atomic E-state index is 10.8. The molecule has 18 heavy (non-hydrogen) atoms. The molecule has 94 valence electrons. The Morgan fingerprint density at radius 2 is 2.33 bits per heavy atom. The third-order valence-electron chi connectivity index (χ3n) is 2.19. The monoisotopic (exact) mass is 250 g/mol. The second-order valence-corrected chi connectivity index (χ2v) is 3.39. The summed E-state index contributed by atoms with van der Waals surface area (Å²) in [5, 5.41) is 28.3. The molecule has 0 bridgehead atoms. The van der Waals surface area contributed by atoms with E-state index in [9.17, 15) is 14.9 Å². The number of nitrogens with zero attached hydrogens (tertiary/aromatic N) is 2. The van der Waals surface area contributed by atoms with Gasteiger partial charge in [0.2, 0.25) is 0 Å². The number of ether oxygens (including phenoxy) is 1. The molecule has 0 saturated carbocycles. The molecule has 7 nitrogen and oxygen atoms in total. The van der Waals surface area contributed by atoms with Crippen molar-refractivity contribution in [1.29, 1.82) is 5.26 Å². The minimum Gasteiger partial charge on any atom is -0.478 e. The Morgan fingerprint density at radius 1 is 1.67 bits per heavy atom. The van der Waals surface area contributed by atoms with Gasteiger partial charge in [-0.3, -0.25) is 10.1 Å². The van der Waals surface area contributed by atoms with Crippen LogP contribution in [-0.2, 0) is 0 Å². The van der Waals surface area contributed by atoms with Crippen LogP contribution in [-0.4, -0.2) is 22.1 Å². The van der Waals surface area contributed by atoms with E-state index in [1.54, 1.807) is 6.92 Å². The summed E-state index contributed by atoms with van der Waals surface area (Å²) in [4.78, 5) is 20.8. The third-order valence-corrected chi connectivity index (χ3v) is 2.19. The van der Waals surface area contributed by atoms with Gasteiger partial charge in [-0.05, 0) is 12.5 Å². The molecule has 1 rings (SSSR count). The highest BCUT2D eigenvalue weighted by Crippen LogP contribution is 2.29. The summed E-state index contributed by atoms with van der Waals surface area (Å²) < 4.78 is 5.13. The average molecular weight is 250 g/mol.